The second kappa shape index (κ2) is 4.44. The van der Waals surface area contributed by atoms with Crippen LogP contribution in [0, 0.1) is 12.8 Å². The number of nitrogens with zero attached hydrogens (tertiary/aromatic N) is 2. The highest BCUT2D eigenvalue weighted by atomic mass is 16.4. The van der Waals surface area contributed by atoms with Crippen LogP contribution in [0.5, 0.6) is 0 Å². The van der Waals surface area contributed by atoms with E-state index in [0.29, 0.717) is 6.54 Å². The number of carbonyl (C=O) groups is 2. The van der Waals surface area contributed by atoms with E-state index in [-0.39, 0.29) is 19.1 Å². The van der Waals surface area contributed by atoms with Crippen LogP contribution in [0.3, 0.4) is 0 Å². The molecule has 0 atom stereocenters. The highest BCUT2D eigenvalue weighted by molar-refractivity contribution is 5.79. The van der Waals surface area contributed by atoms with E-state index in [1.54, 1.807) is 6.20 Å². The van der Waals surface area contributed by atoms with Gasteiger partial charge in [-0.3, -0.25) is 9.89 Å². The first-order valence-corrected chi connectivity index (χ1v) is 5.32. The van der Waals surface area contributed by atoms with E-state index in [1.165, 1.54) is 4.90 Å². The number of aromatic amines is 1. The number of amides is 2. The Bertz CT molecular complexity index is 437. The molecule has 2 amide bonds. The van der Waals surface area contributed by atoms with Crippen LogP contribution in [0.1, 0.15) is 11.3 Å². The van der Waals surface area contributed by atoms with Crippen molar-refractivity contribution in [1.82, 2.24) is 20.4 Å². The van der Waals surface area contributed by atoms with Gasteiger partial charge in [0.15, 0.2) is 0 Å². The van der Waals surface area contributed by atoms with Crippen molar-refractivity contribution in [3.05, 3.63) is 17.5 Å². The molecule has 2 heterocycles. The van der Waals surface area contributed by atoms with Crippen molar-refractivity contribution in [2.75, 3.05) is 13.1 Å². The normalized spacial score (nSPS) is 15.5. The molecule has 1 aliphatic rings. The molecule has 92 valence electrons. The van der Waals surface area contributed by atoms with Gasteiger partial charge in [-0.25, -0.2) is 4.79 Å². The second-order valence-corrected chi connectivity index (χ2v) is 4.12. The van der Waals surface area contributed by atoms with Crippen molar-refractivity contribution in [2.45, 2.75) is 13.5 Å². The lowest BCUT2D eigenvalue weighted by molar-refractivity contribution is -0.146. The molecule has 0 unspecified atom stereocenters. The Labute approximate surface area is 97.8 Å². The van der Waals surface area contributed by atoms with Gasteiger partial charge in [0.2, 0.25) is 0 Å². The molecule has 3 N–H and O–H groups in total. The van der Waals surface area contributed by atoms with Gasteiger partial charge < -0.3 is 15.3 Å². The highest BCUT2D eigenvalue weighted by Gasteiger charge is 2.35. The predicted molar refractivity (Wildman–Crippen MR) is 58.3 cm³/mol. The number of H-pyrrole nitrogens is 1. The molecule has 0 aliphatic carbocycles. The third-order valence-electron chi connectivity index (χ3n) is 2.88. The van der Waals surface area contributed by atoms with Crippen LogP contribution in [0.15, 0.2) is 6.20 Å². The first-order chi connectivity index (χ1) is 8.08. The van der Waals surface area contributed by atoms with Gasteiger partial charge in [0, 0.05) is 30.9 Å². The maximum absolute atomic E-state index is 11.6. The fourth-order valence-corrected chi connectivity index (χ4v) is 1.64. The number of likely N-dealkylation sites (tertiary alicyclic amines) is 1. The lowest BCUT2D eigenvalue weighted by atomic mass is 10.0. The molecule has 0 aromatic carbocycles. The second-order valence-electron chi connectivity index (χ2n) is 4.12. The third kappa shape index (κ3) is 2.38. The van der Waals surface area contributed by atoms with E-state index < -0.39 is 11.9 Å². The molecule has 1 aromatic rings. The first kappa shape index (κ1) is 11.4. The molecule has 2 rings (SSSR count). The molecule has 1 aliphatic heterocycles. The van der Waals surface area contributed by atoms with Crippen molar-refractivity contribution in [1.29, 1.82) is 0 Å². The fraction of sp³-hybridized carbons (Fsp3) is 0.500. The SMILES string of the molecule is Cc1[nH]ncc1CNC(=O)N1CC(C(=O)O)C1. The minimum absolute atomic E-state index is 0.233. The van der Waals surface area contributed by atoms with Gasteiger partial charge >= 0.3 is 12.0 Å². The third-order valence-corrected chi connectivity index (χ3v) is 2.88. The van der Waals surface area contributed by atoms with Gasteiger partial charge in [0.25, 0.3) is 0 Å². The van der Waals surface area contributed by atoms with Crippen molar-refractivity contribution in [2.24, 2.45) is 5.92 Å². The maximum Gasteiger partial charge on any atom is 0.317 e. The Hall–Kier alpha value is -2.05. The van der Waals surface area contributed by atoms with Gasteiger partial charge in [-0.1, -0.05) is 0 Å². The van der Waals surface area contributed by atoms with Gasteiger partial charge in [0.1, 0.15) is 0 Å². The molecule has 0 spiro atoms. The van der Waals surface area contributed by atoms with Crippen LogP contribution in [-0.4, -0.2) is 45.3 Å². The first-order valence-electron chi connectivity index (χ1n) is 5.32. The zero-order chi connectivity index (χ0) is 12.4. The van der Waals surface area contributed by atoms with E-state index in [1.807, 2.05) is 6.92 Å². The van der Waals surface area contributed by atoms with Crippen LogP contribution in [0.25, 0.3) is 0 Å². The number of urea groups is 1. The Kier molecular flexibility index (Phi) is 2.99. The standard InChI is InChI=1S/C10H14N4O3/c1-6-7(3-12-13-6)2-11-10(17)14-4-8(5-14)9(15)16/h3,8H,2,4-5H2,1H3,(H,11,17)(H,12,13)(H,15,16). The molecule has 0 bridgehead atoms. The zero-order valence-electron chi connectivity index (χ0n) is 9.43. The maximum atomic E-state index is 11.6. The largest absolute Gasteiger partial charge is 0.481 e. The molecule has 1 saturated heterocycles. The number of aromatic nitrogens is 2. The summed E-state index contributed by atoms with van der Waals surface area (Å²) >= 11 is 0. The summed E-state index contributed by atoms with van der Waals surface area (Å²) < 4.78 is 0. The summed E-state index contributed by atoms with van der Waals surface area (Å²) in [5.41, 5.74) is 1.84. The number of hydrogen-bond acceptors (Lipinski definition) is 3. The molecule has 0 radical (unpaired) electrons. The zero-order valence-corrected chi connectivity index (χ0v) is 9.43. The molecule has 1 fully saturated rings. The number of carboxylic acid groups (broad SMARTS) is 1. The summed E-state index contributed by atoms with van der Waals surface area (Å²) in [5, 5.41) is 18.0. The van der Waals surface area contributed by atoms with Crippen LogP contribution in [0.2, 0.25) is 0 Å². The minimum atomic E-state index is -0.847. The van der Waals surface area contributed by atoms with Crippen LogP contribution in [0.4, 0.5) is 4.79 Å². The Morgan fingerprint density at radius 3 is 2.88 bits per heavy atom. The van der Waals surface area contributed by atoms with Crippen LogP contribution < -0.4 is 5.32 Å². The number of carboxylic acids is 1. The van der Waals surface area contributed by atoms with Crippen molar-refractivity contribution >= 4 is 12.0 Å². The number of hydrogen-bond donors (Lipinski definition) is 3. The van der Waals surface area contributed by atoms with Crippen molar-refractivity contribution in [3.63, 3.8) is 0 Å². The summed E-state index contributed by atoms with van der Waals surface area (Å²) in [7, 11) is 0. The molecular formula is C10H14N4O3. The highest BCUT2D eigenvalue weighted by Crippen LogP contribution is 2.15. The predicted octanol–water partition coefficient (Wildman–Crippen LogP) is -0.0559. The smallest absolute Gasteiger partial charge is 0.317 e. The number of rotatable bonds is 3. The molecule has 7 heteroatoms. The van der Waals surface area contributed by atoms with Gasteiger partial charge in [-0.2, -0.15) is 5.10 Å². The summed E-state index contributed by atoms with van der Waals surface area (Å²) in [6.45, 7) is 2.84. The van der Waals surface area contributed by atoms with E-state index in [9.17, 15) is 9.59 Å². The fourth-order valence-electron chi connectivity index (χ4n) is 1.64. The van der Waals surface area contributed by atoms with E-state index in [2.05, 4.69) is 15.5 Å². The average molecular weight is 238 g/mol. The average Bonchev–Trinajstić information content (AvgIpc) is 2.58. The van der Waals surface area contributed by atoms with E-state index in [4.69, 9.17) is 5.11 Å². The summed E-state index contributed by atoms with van der Waals surface area (Å²) in [4.78, 5) is 23.6. The molecule has 7 nitrogen and oxygen atoms in total. The Morgan fingerprint density at radius 1 is 1.65 bits per heavy atom. The van der Waals surface area contributed by atoms with Gasteiger partial charge in [0.05, 0.1) is 12.1 Å². The topological polar surface area (TPSA) is 98.3 Å². The van der Waals surface area contributed by atoms with Crippen LogP contribution >= 0.6 is 0 Å². The summed E-state index contributed by atoms with van der Waals surface area (Å²) in [5.74, 6) is -1.27. The molecule has 0 saturated carbocycles. The molecule has 1 aromatic heterocycles. The number of carbonyl (C=O) groups excluding carboxylic acids is 1. The quantitative estimate of drug-likeness (QED) is 0.687. The van der Waals surface area contributed by atoms with E-state index >= 15 is 0 Å². The van der Waals surface area contributed by atoms with E-state index in [0.717, 1.165) is 11.3 Å². The van der Waals surface area contributed by atoms with Crippen molar-refractivity contribution in [3.8, 4) is 0 Å². The van der Waals surface area contributed by atoms with Gasteiger partial charge in [-0.15, -0.1) is 0 Å². The number of aryl methyl sites for hydroxylation is 1. The Morgan fingerprint density at radius 2 is 2.35 bits per heavy atom. The Balaban J connectivity index is 1.76. The molecular weight excluding hydrogens is 224 g/mol. The number of aliphatic carboxylic acids is 1. The summed E-state index contributed by atoms with van der Waals surface area (Å²) in [6, 6.07) is -0.233. The lowest BCUT2D eigenvalue weighted by Gasteiger charge is -2.36. The summed E-state index contributed by atoms with van der Waals surface area (Å²) in [6.07, 6.45) is 1.66. The van der Waals surface area contributed by atoms with Crippen molar-refractivity contribution < 1.29 is 14.7 Å². The van der Waals surface area contributed by atoms with Crippen LogP contribution in [-0.2, 0) is 11.3 Å². The number of nitrogens with one attached hydrogen (secondary N) is 2. The minimum Gasteiger partial charge on any atom is -0.481 e. The monoisotopic (exact) mass is 238 g/mol. The molecule has 17 heavy (non-hydrogen) atoms. The van der Waals surface area contributed by atoms with Gasteiger partial charge in [-0.05, 0) is 6.92 Å². The lowest BCUT2D eigenvalue weighted by Crippen LogP contribution is -2.56.